The van der Waals surface area contributed by atoms with Crippen molar-refractivity contribution in [3.8, 4) is 0 Å². The summed E-state index contributed by atoms with van der Waals surface area (Å²) in [5, 5.41) is 3.11. The van der Waals surface area contributed by atoms with Crippen molar-refractivity contribution in [3.63, 3.8) is 0 Å². The molecule has 0 spiro atoms. The van der Waals surface area contributed by atoms with E-state index in [0.717, 1.165) is 31.2 Å². The molecule has 1 N–H and O–H groups in total. The van der Waals surface area contributed by atoms with Gasteiger partial charge in [0.25, 0.3) is 0 Å². The Kier molecular flexibility index (Phi) is 6.76. The van der Waals surface area contributed by atoms with Gasteiger partial charge in [0.2, 0.25) is 17.7 Å². The highest BCUT2D eigenvalue weighted by Gasteiger charge is 2.47. The quantitative estimate of drug-likeness (QED) is 0.701. The Morgan fingerprint density at radius 2 is 1.48 bits per heavy atom. The van der Waals surface area contributed by atoms with Crippen LogP contribution in [0.25, 0.3) is 0 Å². The summed E-state index contributed by atoms with van der Waals surface area (Å²) in [6.07, 6.45) is 3.80. The summed E-state index contributed by atoms with van der Waals surface area (Å²) in [5.41, 5.74) is 2.35. The van der Waals surface area contributed by atoms with Gasteiger partial charge in [-0.15, -0.1) is 0 Å². The molecule has 0 radical (unpaired) electrons. The number of hydrogen-bond donors (Lipinski definition) is 1. The fraction of sp³-hybridized carbons (Fsp3) is 0.625. The van der Waals surface area contributed by atoms with Gasteiger partial charge in [0.1, 0.15) is 0 Å². The molecule has 3 amide bonds. The largest absolute Gasteiger partial charge is 0.349 e. The Bertz CT molecular complexity index is 730. The van der Waals surface area contributed by atoms with E-state index < -0.39 is 0 Å². The first-order chi connectivity index (χ1) is 13.8. The molecule has 0 bridgehead atoms. The minimum absolute atomic E-state index is 0.0721. The third-order valence-electron chi connectivity index (χ3n) is 6.44. The van der Waals surface area contributed by atoms with E-state index in [-0.39, 0.29) is 54.5 Å². The lowest BCUT2D eigenvalue weighted by molar-refractivity contribution is -0.140. The average Bonchev–Trinajstić information content (AvgIpc) is 2.95. The van der Waals surface area contributed by atoms with Gasteiger partial charge >= 0.3 is 0 Å². The monoisotopic (exact) mass is 398 g/mol. The summed E-state index contributed by atoms with van der Waals surface area (Å²) in [4.78, 5) is 39.1. The number of carbonyl (C=O) groups is 3. The number of fused-ring (bicyclic) bond motifs is 1. The molecule has 1 saturated carbocycles. The summed E-state index contributed by atoms with van der Waals surface area (Å²) < 4.78 is 0. The van der Waals surface area contributed by atoms with Crippen molar-refractivity contribution < 1.29 is 14.4 Å². The van der Waals surface area contributed by atoms with Gasteiger partial charge in [0, 0.05) is 13.0 Å². The van der Waals surface area contributed by atoms with Gasteiger partial charge in [-0.2, -0.15) is 0 Å². The maximum atomic E-state index is 12.6. The van der Waals surface area contributed by atoms with Crippen LogP contribution in [0.5, 0.6) is 0 Å². The second-order valence-electron chi connectivity index (χ2n) is 9.19. The smallest absolute Gasteiger partial charge is 0.233 e. The molecule has 2 aliphatic rings. The molecular weight excluding hydrogens is 364 g/mol. The van der Waals surface area contributed by atoms with E-state index in [0.29, 0.717) is 5.92 Å². The molecule has 1 aliphatic heterocycles. The fourth-order valence-corrected chi connectivity index (χ4v) is 4.63. The Hall–Kier alpha value is -2.17. The van der Waals surface area contributed by atoms with Crippen molar-refractivity contribution in [1.29, 1.82) is 0 Å². The summed E-state index contributed by atoms with van der Waals surface area (Å²) >= 11 is 0. The van der Waals surface area contributed by atoms with E-state index in [1.54, 1.807) is 0 Å². The third-order valence-corrected chi connectivity index (χ3v) is 6.44. The predicted octanol–water partition coefficient (Wildman–Crippen LogP) is 4.19. The van der Waals surface area contributed by atoms with Crippen molar-refractivity contribution in [2.24, 2.45) is 17.8 Å². The normalized spacial score (nSPS) is 22.9. The van der Waals surface area contributed by atoms with Gasteiger partial charge in [0.05, 0.1) is 17.9 Å². The number of carbonyl (C=O) groups excluding carboxylic acids is 3. The highest BCUT2D eigenvalue weighted by molar-refractivity contribution is 6.05. The van der Waals surface area contributed by atoms with Crippen LogP contribution in [0.3, 0.4) is 0 Å². The average molecular weight is 399 g/mol. The molecule has 3 rings (SSSR count). The van der Waals surface area contributed by atoms with Crippen LogP contribution in [0.1, 0.15) is 82.9 Å². The molecule has 1 aliphatic carbocycles. The van der Waals surface area contributed by atoms with E-state index >= 15 is 0 Å². The first kappa shape index (κ1) is 21.5. The minimum Gasteiger partial charge on any atom is -0.349 e. The van der Waals surface area contributed by atoms with Crippen LogP contribution in [0.15, 0.2) is 24.3 Å². The summed E-state index contributed by atoms with van der Waals surface area (Å²) in [6.45, 7) is 8.67. The molecule has 1 aromatic rings. The van der Waals surface area contributed by atoms with Gasteiger partial charge in [-0.1, -0.05) is 64.8 Å². The van der Waals surface area contributed by atoms with E-state index in [9.17, 15) is 14.4 Å². The van der Waals surface area contributed by atoms with Crippen LogP contribution >= 0.6 is 0 Å². The SMILES string of the molecule is CC(C)c1ccc([C@H](NC(=O)CCN2C(=O)[C@H]3CCCC[C@H]3C2=O)C(C)C)cc1. The molecule has 1 saturated heterocycles. The van der Waals surface area contributed by atoms with Crippen molar-refractivity contribution in [3.05, 3.63) is 35.4 Å². The fourth-order valence-electron chi connectivity index (χ4n) is 4.63. The van der Waals surface area contributed by atoms with Gasteiger partial charge in [-0.25, -0.2) is 0 Å². The zero-order valence-electron chi connectivity index (χ0n) is 18.1. The molecule has 1 aromatic carbocycles. The second-order valence-corrected chi connectivity index (χ2v) is 9.19. The van der Waals surface area contributed by atoms with E-state index in [1.165, 1.54) is 10.5 Å². The highest BCUT2D eigenvalue weighted by atomic mass is 16.2. The Morgan fingerprint density at radius 3 is 1.97 bits per heavy atom. The lowest BCUT2D eigenvalue weighted by atomic mass is 9.81. The van der Waals surface area contributed by atoms with Crippen LogP contribution in [0.4, 0.5) is 0 Å². The minimum atomic E-state index is -0.151. The number of nitrogens with one attached hydrogen (secondary N) is 1. The molecule has 0 aromatic heterocycles. The van der Waals surface area contributed by atoms with E-state index in [2.05, 4.69) is 57.3 Å². The summed E-state index contributed by atoms with van der Waals surface area (Å²) in [7, 11) is 0. The number of likely N-dealkylation sites (tertiary alicyclic amines) is 1. The summed E-state index contributed by atoms with van der Waals surface area (Å²) in [5.74, 6) is 0.142. The van der Waals surface area contributed by atoms with Gasteiger partial charge < -0.3 is 5.32 Å². The predicted molar refractivity (Wildman–Crippen MR) is 113 cm³/mol. The number of amides is 3. The van der Waals surface area contributed by atoms with Crippen molar-refractivity contribution in [2.75, 3.05) is 6.54 Å². The van der Waals surface area contributed by atoms with Crippen molar-refractivity contribution >= 4 is 17.7 Å². The van der Waals surface area contributed by atoms with Crippen molar-refractivity contribution in [1.82, 2.24) is 10.2 Å². The van der Waals surface area contributed by atoms with E-state index in [1.807, 2.05) is 0 Å². The zero-order chi connectivity index (χ0) is 21.1. The topological polar surface area (TPSA) is 66.5 Å². The molecule has 5 heteroatoms. The maximum absolute atomic E-state index is 12.6. The molecule has 3 atom stereocenters. The molecule has 1 heterocycles. The zero-order valence-corrected chi connectivity index (χ0v) is 18.1. The van der Waals surface area contributed by atoms with Crippen LogP contribution in [-0.4, -0.2) is 29.2 Å². The maximum Gasteiger partial charge on any atom is 0.233 e. The standard InChI is InChI=1S/C24H34N2O3/c1-15(2)17-9-11-18(12-10-17)22(16(3)4)25-21(27)13-14-26-23(28)19-7-5-6-8-20(19)24(26)29/h9-12,15-16,19-20,22H,5-8,13-14H2,1-4H3,(H,25,27)/t19-,20+,22-/m1/s1. The summed E-state index contributed by atoms with van der Waals surface area (Å²) in [6, 6.07) is 8.31. The van der Waals surface area contributed by atoms with Crippen molar-refractivity contribution in [2.45, 2.75) is 71.8 Å². The Morgan fingerprint density at radius 1 is 0.966 bits per heavy atom. The number of nitrogens with zero attached hydrogens (tertiary/aromatic N) is 1. The number of hydrogen-bond acceptors (Lipinski definition) is 3. The molecule has 5 nitrogen and oxygen atoms in total. The van der Waals surface area contributed by atoms with Gasteiger partial charge in [-0.05, 0) is 35.8 Å². The first-order valence-corrected chi connectivity index (χ1v) is 11.0. The lowest BCUT2D eigenvalue weighted by Crippen LogP contribution is -2.37. The molecule has 2 fully saturated rings. The van der Waals surface area contributed by atoms with Crippen LogP contribution < -0.4 is 5.32 Å². The van der Waals surface area contributed by atoms with E-state index in [4.69, 9.17) is 0 Å². The molecular formula is C24H34N2O3. The first-order valence-electron chi connectivity index (χ1n) is 11.0. The number of benzene rings is 1. The van der Waals surface area contributed by atoms with Crippen LogP contribution in [-0.2, 0) is 14.4 Å². The van der Waals surface area contributed by atoms with Crippen LogP contribution in [0, 0.1) is 17.8 Å². The molecule has 158 valence electrons. The van der Waals surface area contributed by atoms with Crippen LogP contribution in [0.2, 0.25) is 0 Å². The number of imide groups is 1. The van der Waals surface area contributed by atoms with Gasteiger partial charge in [0.15, 0.2) is 0 Å². The number of rotatable bonds is 7. The Balaban J connectivity index is 1.59. The molecule has 0 unspecified atom stereocenters. The lowest BCUT2D eigenvalue weighted by Gasteiger charge is -2.24. The van der Waals surface area contributed by atoms with Gasteiger partial charge in [-0.3, -0.25) is 19.3 Å². The molecule has 29 heavy (non-hydrogen) atoms. The highest BCUT2D eigenvalue weighted by Crippen LogP contribution is 2.38. The Labute approximate surface area is 174 Å². The second kappa shape index (κ2) is 9.10. The third kappa shape index (κ3) is 4.71.